The van der Waals surface area contributed by atoms with E-state index in [2.05, 4.69) is 23.8 Å². The van der Waals surface area contributed by atoms with E-state index in [-0.39, 0.29) is 18.4 Å². The van der Waals surface area contributed by atoms with Crippen LogP contribution in [0.4, 0.5) is 5.69 Å². The number of amides is 1. The number of methoxy groups -OCH3 is 1. The molecule has 1 fully saturated rings. The lowest BCUT2D eigenvalue weighted by atomic mass is 10.1. The highest BCUT2D eigenvalue weighted by Gasteiger charge is 2.24. The first-order valence-electron chi connectivity index (χ1n) is 9.40. The second kappa shape index (κ2) is 8.62. The van der Waals surface area contributed by atoms with Gasteiger partial charge in [0.25, 0.3) is 0 Å². The maximum Gasteiger partial charge on any atom is 0.244 e. The van der Waals surface area contributed by atoms with Crippen molar-refractivity contribution in [1.82, 2.24) is 14.7 Å². The van der Waals surface area contributed by atoms with Gasteiger partial charge < -0.3 is 14.5 Å². The van der Waals surface area contributed by atoms with E-state index in [1.54, 1.807) is 11.8 Å². The quantitative estimate of drug-likeness (QED) is 0.727. The summed E-state index contributed by atoms with van der Waals surface area (Å²) < 4.78 is 7.05. The van der Waals surface area contributed by atoms with E-state index in [1.165, 1.54) is 0 Å². The van der Waals surface area contributed by atoms with Crippen molar-refractivity contribution in [3.05, 3.63) is 39.6 Å². The van der Waals surface area contributed by atoms with Crippen LogP contribution in [-0.2, 0) is 11.3 Å². The Morgan fingerprint density at radius 1 is 1.21 bits per heavy atom. The molecule has 152 valence electrons. The summed E-state index contributed by atoms with van der Waals surface area (Å²) in [5.41, 5.74) is 2.73. The number of carbonyl (C=O) groups excluding carboxylic acids is 1. The lowest BCUT2D eigenvalue weighted by Crippen LogP contribution is -2.49. The Morgan fingerprint density at radius 2 is 1.89 bits per heavy atom. The van der Waals surface area contributed by atoms with Gasteiger partial charge in [-0.15, -0.1) is 0 Å². The molecular formula is C20H26Cl2N4O2. The normalized spacial score (nSPS) is 14.7. The number of rotatable bonds is 5. The van der Waals surface area contributed by atoms with Gasteiger partial charge in [-0.3, -0.25) is 9.48 Å². The van der Waals surface area contributed by atoms with Crippen LogP contribution < -0.4 is 9.64 Å². The smallest absolute Gasteiger partial charge is 0.244 e. The molecule has 0 saturated carbocycles. The topological polar surface area (TPSA) is 50.6 Å². The Bertz CT molecular complexity index is 858. The molecule has 1 aliphatic rings. The fourth-order valence-corrected chi connectivity index (χ4v) is 4.09. The molecule has 1 amide bonds. The third kappa shape index (κ3) is 4.23. The van der Waals surface area contributed by atoms with E-state index < -0.39 is 0 Å². The Morgan fingerprint density at radius 3 is 2.50 bits per heavy atom. The summed E-state index contributed by atoms with van der Waals surface area (Å²) in [6.45, 7) is 9.04. The number of benzene rings is 1. The standard InChI is InChI=1S/C20H26Cl2N4O2/c1-13(2)20-19(22)14(3)23-26(20)12-18(27)25-9-7-24(8-10-25)15-5-6-16(21)17(11-15)28-4/h5-6,11,13H,7-10,12H2,1-4H3. The second-order valence-corrected chi connectivity index (χ2v) is 8.07. The number of nitrogens with zero attached hydrogens (tertiary/aromatic N) is 4. The van der Waals surface area contributed by atoms with E-state index in [0.29, 0.717) is 28.9 Å². The first kappa shape index (κ1) is 20.8. The van der Waals surface area contributed by atoms with E-state index in [9.17, 15) is 4.79 Å². The van der Waals surface area contributed by atoms with Gasteiger partial charge in [-0.25, -0.2) is 0 Å². The zero-order valence-corrected chi connectivity index (χ0v) is 18.2. The molecule has 1 aromatic carbocycles. The summed E-state index contributed by atoms with van der Waals surface area (Å²) in [5.74, 6) is 0.928. The molecule has 0 atom stereocenters. The highest BCUT2D eigenvalue weighted by molar-refractivity contribution is 6.32. The van der Waals surface area contributed by atoms with Crippen LogP contribution in [0.5, 0.6) is 5.75 Å². The van der Waals surface area contributed by atoms with Gasteiger partial charge in [-0.05, 0) is 25.0 Å². The van der Waals surface area contributed by atoms with E-state index in [4.69, 9.17) is 27.9 Å². The first-order valence-corrected chi connectivity index (χ1v) is 10.2. The molecule has 28 heavy (non-hydrogen) atoms. The molecule has 0 radical (unpaired) electrons. The zero-order chi connectivity index (χ0) is 20.4. The number of piperazine rings is 1. The molecule has 0 N–H and O–H groups in total. The summed E-state index contributed by atoms with van der Waals surface area (Å²) in [6.07, 6.45) is 0. The van der Waals surface area contributed by atoms with Crippen LogP contribution in [0.25, 0.3) is 0 Å². The van der Waals surface area contributed by atoms with Gasteiger partial charge in [0.1, 0.15) is 12.3 Å². The van der Waals surface area contributed by atoms with Crippen LogP contribution in [0.3, 0.4) is 0 Å². The molecule has 1 saturated heterocycles. The highest BCUT2D eigenvalue weighted by atomic mass is 35.5. The highest BCUT2D eigenvalue weighted by Crippen LogP contribution is 2.30. The fourth-order valence-electron chi connectivity index (χ4n) is 3.54. The zero-order valence-electron chi connectivity index (χ0n) is 16.7. The van der Waals surface area contributed by atoms with Crippen LogP contribution in [0.2, 0.25) is 10.0 Å². The fraction of sp³-hybridized carbons (Fsp3) is 0.500. The van der Waals surface area contributed by atoms with Crippen LogP contribution in [0.15, 0.2) is 18.2 Å². The van der Waals surface area contributed by atoms with Crippen LogP contribution in [-0.4, -0.2) is 53.9 Å². The Labute approximate surface area is 176 Å². The van der Waals surface area contributed by atoms with Crippen LogP contribution in [0.1, 0.15) is 31.2 Å². The third-order valence-electron chi connectivity index (χ3n) is 5.06. The molecular weight excluding hydrogens is 399 g/mol. The molecule has 1 aromatic heterocycles. The van der Waals surface area contributed by atoms with Gasteiger partial charge in [0.15, 0.2) is 0 Å². The molecule has 1 aliphatic heterocycles. The monoisotopic (exact) mass is 424 g/mol. The molecule has 0 unspecified atom stereocenters. The molecule has 0 bridgehead atoms. The molecule has 8 heteroatoms. The van der Waals surface area contributed by atoms with Crippen molar-refractivity contribution in [3.63, 3.8) is 0 Å². The minimum absolute atomic E-state index is 0.0643. The maximum absolute atomic E-state index is 12.8. The number of ether oxygens (including phenoxy) is 1. The summed E-state index contributed by atoms with van der Waals surface area (Å²) in [5, 5.41) is 5.71. The van der Waals surface area contributed by atoms with Crippen molar-refractivity contribution in [2.45, 2.75) is 33.2 Å². The Balaban J connectivity index is 1.64. The van der Waals surface area contributed by atoms with E-state index >= 15 is 0 Å². The predicted molar refractivity (Wildman–Crippen MR) is 113 cm³/mol. The van der Waals surface area contributed by atoms with Gasteiger partial charge in [0.2, 0.25) is 5.91 Å². The van der Waals surface area contributed by atoms with Gasteiger partial charge in [-0.1, -0.05) is 37.0 Å². The number of aryl methyl sites for hydroxylation is 1. The number of halogens is 2. The molecule has 2 heterocycles. The average Bonchev–Trinajstić information content (AvgIpc) is 2.95. The first-order chi connectivity index (χ1) is 13.3. The number of anilines is 1. The van der Waals surface area contributed by atoms with E-state index in [1.807, 2.05) is 30.0 Å². The number of hydrogen-bond donors (Lipinski definition) is 0. The molecule has 0 spiro atoms. The van der Waals surface area contributed by atoms with Crippen molar-refractivity contribution >= 4 is 34.8 Å². The maximum atomic E-state index is 12.8. The van der Waals surface area contributed by atoms with E-state index in [0.717, 1.165) is 30.2 Å². The van der Waals surface area contributed by atoms with Crippen molar-refractivity contribution in [2.75, 3.05) is 38.2 Å². The largest absolute Gasteiger partial charge is 0.495 e. The number of hydrogen-bond acceptors (Lipinski definition) is 4. The van der Waals surface area contributed by atoms with Gasteiger partial charge in [-0.2, -0.15) is 5.10 Å². The SMILES string of the molecule is COc1cc(N2CCN(C(=O)Cn3nc(C)c(Cl)c3C(C)C)CC2)ccc1Cl. The second-order valence-electron chi connectivity index (χ2n) is 7.28. The summed E-state index contributed by atoms with van der Waals surface area (Å²) in [7, 11) is 1.61. The lowest BCUT2D eigenvalue weighted by molar-refractivity contribution is -0.132. The van der Waals surface area contributed by atoms with Crippen molar-refractivity contribution < 1.29 is 9.53 Å². The summed E-state index contributed by atoms with van der Waals surface area (Å²) in [4.78, 5) is 16.9. The lowest BCUT2D eigenvalue weighted by Gasteiger charge is -2.36. The summed E-state index contributed by atoms with van der Waals surface area (Å²) >= 11 is 12.5. The van der Waals surface area contributed by atoms with Gasteiger partial charge in [0.05, 0.1) is 28.5 Å². The third-order valence-corrected chi connectivity index (χ3v) is 5.83. The number of aromatic nitrogens is 2. The molecule has 3 rings (SSSR count). The Hall–Kier alpha value is -1.92. The van der Waals surface area contributed by atoms with Gasteiger partial charge in [0, 0.05) is 37.9 Å². The molecule has 2 aromatic rings. The Kier molecular flexibility index (Phi) is 6.40. The van der Waals surface area contributed by atoms with Crippen LogP contribution in [0, 0.1) is 6.92 Å². The van der Waals surface area contributed by atoms with Gasteiger partial charge >= 0.3 is 0 Å². The predicted octanol–water partition coefficient (Wildman–Crippen LogP) is 3.98. The molecule has 6 nitrogen and oxygen atoms in total. The van der Waals surface area contributed by atoms with Crippen molar-refractivity contribution in [2.24, 2.45) is 0 Å². The molecule has 0 aliphatic carbocycles. The summed E-state index contributed by atoms with van der Waals surface area (Å²) in [6, 6.07) is 5.75. The number of carbonyl (C=O) groups is 1. The minimum atomic E-state index is 0.0643. The van der Waals surface area contributed by atoms with Crippen molar-refractivity contribution in [3.8, 4) is 5.75 Å². The minimum Gasteiger partial charge on any atom is -0.495 e. The average molecular weight is 425 g/mol. The van der Waals surface area contributed by atoms with Crippen LogP contribution >= 0.6 is 23.2 Å². The van der Waals surface area contributed by atoms with Crippen molar-refractivity contribution in [1.29, 1.82) is 0 Å².